The van der Waals surface area contributed by atoms with Gasteiger partial charge in [0.25, 0.3) is 0 Å². The predicted octanol–water partition coefficient (Wildman–Crippen LogP) is 4.56. The molecule has 3 aliphatic rings. The van der Waals surface area contributed by atoms with Gasteiger partial charge in [-0.3, -0.25) is 4.90 Å². The van der Waals surface area contributed by atoms with Crippen LogP contribution in [0.15, 0.2) is 36.4 Å². The van der Waals surface area contributed by atoms with Crippen molar-refractivity contribution in [3.63, 3.8) is 0 Å². The van der Waals surface area contributed by atoms with E-state index in [0.29, 0.717) is 6.04 Å². The molecular formula is C26H41N3O. The Hall–Kier alpha value is -1.36. The van der Waals surface area contributed by atoms with Crippen molar-refractivity contribution in [1.82, 2.24) is 14.7 Å². The van der Waals surface area contributed by atoms with Crippen molar-refractivity contribution >= 4 is 0 Å². The Kier molecular flexibility index (Phi) is 8.65. The monoisotopic (exact) mass is 411 g/mol. The Morgan fingerprint density at radius 2 is 1.57 bits per heavy atom. The van der Waals surface area contributed by atoms with Crippen LogP contribution in [0.2, 0.25) is 0 Å². The molecule has 1 atom stereocenters. The number of rotatable bonds is 9. The Labute approximate surface area is 183 Å². The minimum Gasteiger partial charge on any atom is -0.494 e. The highest BCUT2D eigenvalue weighted by Gasteiger charge is 2.26. The number of piperidine rings is 1. The maximum absolute atomic E-state index is 6.00. The molecule has 0 N–H and O–H groups in total. The van der Waals surface area contributed by atoms with Crippen molar-refractivity contribution in [3.05, 3.63) is 42.0 Å². The lowest BCUT2D eigenvalue weighted by molar-refractivity contribution is 0.171. The highest BCUT2D eigenvalue weighted by molar-refractivity contribution is 5.27. The van der Waals surface area contributed by atoms with E-state index in [1.807, 2.05) is 0 Å². The lowest BCUT2D eigenvalue weighted by Gasteiger charge is -2.30. The average molecular weight is 412 g/mol. The number of hydrogen-bond acceptors (Lipinski definition) is 4. The lowest BCUT2D eigenvalue weighted by Crippen LogP contribution is -2.40. The van der Waals surface area contributed by atoms with Gasteiger partial charge >= 0.3 is 0 Å². The second-order valence-corrected chi connectivity index (χ2v) is 9.36. The van der Waals surface area contributed by atoms with Crippen LogP contribution >= 0.6 is 0 Å². The third-order valence-corrected chi connectivity index (χ3v) is 7.00. The first kappa shape index (κ1) is 21.9. The van der Waals surface area contributed by atoms with Gasteiger partial charge in [-0.05, 0) is 82.3 Å². The summed E-state index contributed by atoms with van der Waals surface area (Å²) < 4.78 is 6.00. The molecular weight excluding hydrogens is 370 g/mol. The van der Waals surface area contributed by atoms with Gasteiger partial charge in [0, 0.05) is 38.8 Å². The molecule has 0 amide bonds. The zero-order valence-corrected chi connectivity index (χ0v) is 18.8. The van der Waals surface area contributed by atoms with E-state index >= 15 is 0 Å². The van der Waals surface area contributed by atoms with Gasteiger partial charge in [0.05, 0.1) is 6.61 Å². The van der Waals surface area contributed by atoms with Gasteiger partial charge in [0.1, 0.15) is 5.75 Å². The van der Waals surface area contributed by atoms with Crippen molar-refractivity contribution < 1.29 is 4.74 Å². The Balaban J connectivity index is 1.18. The molecule has 30 heavy (non-hydrogen) atoms. The molecule has 4 rings (SSSR count). The summed E-state index contributed by atoms with van der Waals surface area (Å²) in [7, 11) is 0. The molecule has 1 aromatic rings. The molecule has 166 valence electrons. The Morgan fingerprint density at radius 3 is 2.33 bits per heavy atom. The number of benzene rings is 1. The van der Waals surface area contributed by atoms with Gasteiger partial charge in [-0.2, -0.15) is 0 Å². The first-order valence-corrected chi connectivity index (χ1v) is 12.4. The summed E-state index contributed by atoms with van der Waals surface area (Å²) in [5, 5.41) is 0. The molecule has 0 spiro atoms. The molecule has 0 aliphatic carbocycles. The number of nitrogens with zero attached hydrogens (tertiary/aromatic N) is 3. The third-order valence-electron chi connectivity index (χ3n) is 7.00. The summed E-state index contributed by atoms with van der Waals surface area (Å²) in [6.07, 6.45) is 15.1. The minimum atomic E-state index is 0.716. The van der Waals surface area contributed by atoms with E-state index in [1.165, 1.54) is 96.3 Å². The molecule has 0 unspecified atom stereocenters. The fourth-order valence-corrected chi connectivity index (χ4v) is 5.24. The Bertz CT molecular complexity index is 628. The minimum absolute atomic E-state index is 0.716. The van der Waals surface area contributed by atoms with Crippen molar-refractivity contribution in [3.8, 4) is 5.75 Å². The van der Waals surface area contributed by atoms with E-state index in [1.54, 1.807) is 0 Å². The fourth-order valence-electron chi connectivity index (χ4n) is 5.24. The second kappa shape index (κ2) is 11.9. The fraction of sp³-hybridized carbons (Fsp3) is 0.692. The highest BCUT2D eigenvalue weighted by Crippen LogP contribution is 2.23. The van der Waals surface area contributed by atoms with Crippen molar-refractivity contribution in [2.24, 2.45) is 0 Å². The van der Waals surface area contributed by atoms with Crippen LogP contribution in [0.25, 0.3) is 0 Å². The molecule has 0 aromatic heterocycles. The highest BCUT2D eigenvalue weighted by atomic mass is 16.5. The maximum Gasteiger partial charge on any atom is 0.119 e. The summed E-state index contributed by atoms with van der Waals surface area (Å²) in [5.74, 6) is 1.02. The van der Waals surface area contributed by atoms with Crippen LogP contribution in [0, 0.1) is 0 Å². The van der Waals surface area contributed by atoms with E-state index in [2.05, 4.69) is 51.1 Å². The number of ether oxygens (including phenoxy) is 1. The smallest absolute Gasteiger partial charge is 0.119 e. The van der Waals surface area contributed by atoms with Crippen molar-refractivity contribution in [1.29, 1.82) is 0 Å². The van der Waals surface area contributed by atoms with Crippen LogP contribution in [-0.2, 0) is 6.54 Å². The summed E-state index contributed by atoms with van der Waals surface area (Å²) >= 11 is 0. The van der Waals surface area contributed by atoms with E-state index in [-0.39, 0.29) is 0 Å². The first-order valence-electron chi connectivity index (χ1n) is 12.4. The van der Waals surface area contributed by atoms with Gasteiger partial charge in [-0.1, -0.05) is 30.7 Å². The van der Waals surface area contributed by atoms with E-state index < -0.39 is 0 Å². The van der Waals surface area contributed by atoms with Crippen LogP contribution < -0.4 is 4.74 Å². The second-order valence-electron chi connectivity index (χ2n) is 9.36. The molecule has 3 heterocycles. The molecule has 2 saturated heterocycles. The van der Waals surface area contributed by atoms with Crippen LogP contribution in [0.4, 0.5) is 0 Å². The molecule has 4 nitrogen and oxygen atoms in total. The van der Waals surface area contributed by atoms with E-state index in [0.717, 1.165) is 25.3 Å². The summed E-state index contributed by atoms with van der Waals surface area (Å²) in [6, 6.07) is 9.59. The summed E-state index contributed by atoms with van der Waals surface area (Å²) in [5.41, 5.74) is 1.42. The molecule has 4 heteroatoms. The molecule has 3 aliphatic heterocycles. The van der Waals surface area contributed by atoms with Crippen LogP contribution in [0.3, 0.4) is 0 Å². The number of likely N-dealkylation sites (tertiary alicyclic amines) is 2. The normalized spacial score (nSPS) is 24.2. The largest absolute Gasteiger partial charge is 0.494 e. The molecule has 0 saturated carbocycles. The molecule has 2 fully saturated rings. The molecule has 1 aromatic carbocycles. The first-order chi connectivity index (χ1) is 14.9. The van der Waals surface area contributed by atoms with Crippen molar-refractivity contribution in [2.45, 2.75) is 64.0 Å². The number of hydrogen-bond donors (Lipinski definition) is 0. The Morgan fingerprint density at radius 1 is 0.800 bits per heavy atom. The summed E-state index contributed by atoms with van der Waals surface area (Å²) in [6.45, 7) is 10.6. The van der Waals surface area contributed by atoms with Crippen molar-refractivity contribution in [2.75, 3.05) is 52.4 Å². The van der Waals surface area contributed by atoms with E-state index in [9.17, 15) is 0 Å². The van der Waals surface area contributed by atoms with E-state index in [4.69, 9.17) is 4.74 Å². The lowest BCUT2D eigenvalue weighted by atomic mass is 10.1. The van der Waals surface area contributed by atoms with Gasteiger partial charge in [0.2, 0.25) is 0 Å². The maximum atomic E-state index is 6.00. The quantitative estimate of drug-likeness (QED) is 0.438. The standard InChI is InChI=1S/C26H41N3O/c1-2-5-18-28(17-4-1)23-25-10-8-20-29(25)22-24-11-13-26(14-12-24)30-21-9-19-27-15-6-3-7-16-27/h1-2,11-14,25H,3-10,15-23H2/t25-/m0/s1. The van der Waals surface area contributed by atoms with Gasteiger partial charge in [-0.25, -0.2) is 0 Å². The SMILES string of the molecule is C1=CCCN(C[C@@H]2CCCN2Cc2ccc(OCCCN3CCCCC3)cc2)CC1. The van der Waals surface area contributed by atoms with Gasteiger partial charge in [0.15, 0.2) is 0 Å². The summed E-state index contributed by atoms with van der Waals surface area (Å²) in [4.78, 5) is 7.96. The molecule has 0 bridgehead atoms. The third kappa shape index (κ3) is 6.83. The topological polar surface area (TPSA) is 19.0 Å². The zero-order valence-electron chi connectivity index (χ0n) is 18.8. The molecule has 0 radical (unpaired) electrons. The predicted molar refractivity (Wildman–Crippen MR) is 125 cm³/mol. The zero-order chi connectivity index (χ0) is 20.4. The van der Waals surface area contributed by atoms with Crippen LogP contribution in [0.1, 0.15) is 56.9 Å². The van der Waals surface area contributed by atoms with Crippen LogP contribution in [-0.4, -0.2) is 73.2 Å². The average Bonchev–Trinajstić information content (AvgIpc) is 3.04. The van der Waals surface area contributed by atoms with Gasteiger partial charge in [-0.15, -0.1) is 0 Å². The van der Waals surface area contributed by atoms with Gasteiger partial charge < -0.3 is 14.5 Å². The van der Waals surface area contributed by atoms with Crippen LogP contribution in [0.5, 0.6) is 5.75 Å².